The average Bonchev–Trinajstić information content (AvgIpc) is 2.99. The minimum atomic E-state index is -1.76. The molecule has 3 fully saturated rings. The van der Waals surface area contributed by atoms with Crippen molar-refractivity contribution in [2.45, 2.75) is 98.2 Å². The van der Waals surface area contributed by atoms with E-state index in [1.54, 1.807) is 0 Å². The largest absolute Gasteiger partial charge is 0.250 e. The van der Waals surface area contributed by atoms with Crippen LogP contribution in [0.2, 0.25) is 0 Å². The second-order valence-corrected chi connectivity index (χ2v) is 17.0. The van der Waals surface area contributed by atoms with Crippen LogP contribution in [0.4, 0.5) is 0 Å². The fourth-order valence-electron chi connectivity index (χ4n) is 3.55. The molecular formula is C21H45N3O3S3. The molecule has 0 aromatic carbocycles. The zero-order valence-corrected chi connectivity index (χ0v) is 22.5. The highest BCUT2D eigenvalue weighted by atomic mass is 32.2. The summed E-state index contributed by atoms with van der Waals surface area (Å²) in [5.41, 5.74) is 0. The molecule has 3 aliphatic rings. The van der Waals surface area contributed by atoms with E-state index < -0.39 is 29.2 Å². The van der Waals surface area contributed by atoms with Gasteiger partial charge in [-0.05, 0) is 73.6 Å². The van der Waals surface area contributed by atoms with Crippen LogP contribution >= 0.6 is 0 Å². The van der Waals surface area contributed by atoms with Crippen LogP contribution in [0.5, 0.6) is 0 Å². The average molecular weight is 484 g/mol. The van der Waals surface area contributed by atoms with Gasteiger partial charge in [-0.3, -0.25) is 0 Å². The highest BCUT2D eigenvalue weighted by Gasteiger charge is 2.19. The van der Waals surface area contributed by atoms with E-state index in [1.807, 2.05) is 41.5 Å². The lowest BCUT2D eigenvalue weighted by atomic mass is 10.3. The fourth-order valence-corrected chi connectivity index (χ4v) is 10.3. The van der Waals surface area contributed by atoms with E-state index in [9.17, 15) is 12.6 Å². The zero-order valence-electron chi connectivity index (χ0n) is 20.0. The molecule has 0 unspecified atom stereocenters. The van der Waals surface area contributed by atoms with E-state index in [2.05, 4.69) is 13.1 Å². The van der Waals surface area contributed by atoms with Crippen LogP contribution in [-0.4, -0.2) is 65.3 Å². The Kier molecular flexibility index (Phi) is 11.9. The molecule has 0 radical (unpaired) electrons. The van der Waals surface area contributed by atoms with Gasteiger partial charge < -0.3 is 0 Å². The highest BCUT2D eigenvalue weighted by molar-refractivity contribution is 7.95. The van der Waals surface area contributed by atoms with Crippen LogP contribution in [0.25, 0.3) is 0 Å². The summed E-state index contributed by atoms with van der Waals surface area (Å²) in [7, 11) is -5.16. The second-order valence-electron chi connectivity index (χ2n) is 9.26. The van der Waals surface area contributed by atoms with Crippen LogP contribution in [0.3, 0.4) is 0 Å². The molecule has 0 N–H and O–H groups in total. The maximum Gasteiger partial charge on any atom is 0.0537 e. The summed E-state index contributed by atoms with van der Waals surface area (Å²) in [6, 6.07) is 0.726. The Balaban J connectivity index is 0.000000226. The molecule has 6 nitrogen and oxygen atoms in total. The predicted molar refractivity (Wildman–Crippen MR) is 134 cm³/mol. The van der Waals surface area contributed by atoms with Crippen molar-refractivity contribution >= 4 is 29.2 Å². The van der Waals surface area contributed by atoms with Crippen molar-refractivity contribution < 1.29 is 12.6 Å². The lowest BCUT2D eigenvalue weighted by molar-refractivity contribution is 0.643. The van der Waals surface area contributed by atoms with Crippen molar-refractivity contribution in [3.05, 3.63) is 0 Å². The van der Waals surface area contributed by atoms with Gasteiger partial charge in [0.05, 0.1) is 18.1 Å². The van der Waals surface area contributed by atoms with E-state index in [4.69, 9.17) is 0 Å². The Hall–Kier alpha value is -0.150. The Morgan fingerprint density at radius 2 is 0.667 bits per heavy atom. The molecule has 0 saturated carbocycles. The van der Waals surface area contributed by atoms with Crippen LogP contribution < -0.4 is 0 Å². The first-order valence-corrected chi connectivity index (χ1v) is 17.1. The van der Waals surface area contributed by atoms with Crippen molar-refractivity contribution in [2.24, 2.45) is 13.1 Å². The van der Waals surface area contributed by atoms with Crippen molar-refractivity contribution in [1.29, 1.82) is 0 Å². The molecule has 0 aromatic heterocycles. The number of rotatable bonds is 3. The van der Waals surface area contributed by atoms with Crippen LogP contribution in [0, 0.1) is 0 Å². The molecule has 0 spiro atoms. The van der Waals surface area contributed by atoms with E-state index in [1.165, 1.54) is 6.42 Å². The highest BCUT2D eigenvalue weighted by Crippen LogP contribution is 2.15. The molecule has 0 atom stereocenters. The molecule has 30 heavy (non-hydrogen) atoms. The third kappa shape index (κ3) is 11.5. The van der Waals surface area contributed by atoms with Gasteiger partial charge in [-0.2, -0.15) is 0 Å². The Bertz CT molecular complexity index is 835. The molecule has 3 aliphatic heterocycles. The second kappa shape index (κ2) is 12.8. The van der Waals surface area contributed by atoms with Gasteiger partial charge in [0.2, 0.25) is 0 Å². The summed E-state index contributed by atoms with van der Waals surface area (Å²) < 4.78 is 47.4. The maximum absolute atomic E-state index is 11.8. The molecule has 3 rings (SSSR count). The van der Waals surface area contributed by atoms with Crippen LogP contribution in [0.1, 0.15) is 80.1 Å². The molecule has 0 aromatic rings. The van der Waals surface area contributed by atoms with Crippen molar-refractivity contribution in [1.82, 2.24) is 0 Å². The number of hydrogen-bond donors (Lipinski definition) is 0. The summed E-state index contributed by atoms with van der Waals surface area (Å²) in [5.74, 6) is 5.03. The Labute approximate surface area is 187 Å². The van der Waals surface area contributed by atoms with Crippen molar-refractivity contribution in [3.63, 3.8) is 0 Å². The minimum absolute atomic E-state index is 0.237. The first-order chi connectivity index (χ1) is 13.9. The van der Waals surface area contributed by atoms with Crippen molar-refractivity contribution in [2.75, 3.05) is 34.5 Å². The standard InChI is InChI=1S/C8H17NOS.C7H15NOS.C6H13NOS/c1-8(2)9-11(10)6-4-3-5-7-11;1-7(2)8-10(9)5-3-4-6-10;1-6(2)7-9(8)4-3-5-9/h8H,3-7H2,1-2H3;7H,3-6H2,1-2H3;6H,3-5H2,1-2H3. The van der Waals surface area contributed by atoms with Gasteiger partial charge >= 0.3 is 0 Å². The van der Waals surface area contributed by atoms with Gasteiger partial charge in [0, 0.05) is 63.7 Å². The van der Waals surface area contributed by atoms with E-state index in [-0.39, 0.29) is 18.1 Å². The first kappa shape index (κ1) is 27.9. The van der Waals surface area contributed by atoms with Crippen molar-refractivity contribution in [3.8, 4) is 0 Å². The smallest absolute Gasteiger partial charge is 0.0537 e. The maximum atomic E-state index is 11.8. The predicted octanol–water partition coefficient (Wildman–Crippen LogP) is 4.97. The third-order valence-corrected chi connectivity index (χ3v) is 12.7. The topological polar surface area (TPSA) is 88.3 Å². The van der Waals surface area contributed by atoms with Crippen LogP contribution in [0.15, 0.2) is 13.1 Å². The summed E-state index contributed by atoms with van der Waals surface area (Å²) in [6.07, 6.45) is 6.77. The number of hydrogen-bond acceptors (Lipinski definition) is 6. The lowest BCUT2D eigenvalue weighted by Gasteiger charge is -2.18. The van der Waals surface area contributed by atoms with Gasteiger partial charge in [0.25, 0.3) is 0 Å². The molecule has 3 saturated heterocycles. The minimum Gasteiger partial charge on any atom is -0.250 e. The summed E-state index contributed by atoms with van der Waals surface area (Å²) in [6.45, 7) is 11.9. The molecule has 0 amide bonds. The van der Waals surface area contributed by atoms with Gasteiger partial charge in [0.1, 0.15) is 0 Å². The van der Waals surface area contributed by atoms with Gasteiger partial charge in [0.15, 0.2) is 0 Å². The monoisotopic (exact) mass is 483 g/mol. The van der Waals surface area contributed by atoms with E-state index >= 15 is 0 Å². The quantitative estimate of drug-likeness (QED) is 0.567. The molecule has 180 valence electrons. The molecule has 3 heterocycles. The van der Waals surface area contributed by atoms with E-state index in [0.717, 1.165) is 66.6 Å². The Morgan fingerprint density at radius 1 is 0.433 bits per heavy atom. The molecule has 0 bridgehead atoms. The molecular weight excluding hydrogens is 438 g/mol. The first-order valence-electron chi connectivity index (χ1n) is 11.5. The summed E-state index contributed by atoms with van der Waals surface area (Å²) >= 11 is 0. The molecule has 9 heteroatoms. The lowest BCUT2D eigenvalue weighted by Crippen LogP contribution is -2.24. The third-order valence-electron chi connectivity index (χ3n) is 4.74. The van der Waals surface area contributed by atoms with Gasteiger partial charge in [-0.25, -0.2) is 25.7 Å². The van der Waals surface area contributed by atoms with E-state index in [0.29, 0.717) is 0 Å². The normalized spacial score (nSPS) is 23.5. The Morgan fingerprint density at radius 3 is 0.867 bits per heavy atom. The molecule has 0 aliphatic carbocycles. The fraction of sp³-hybridized carbons (Fsp3) is 1.00. The summed E-state index contributed by atoms with van der Waals surface area (Å²) in [4.78, 5) is 0. The zero-order chi connectivity index (χ0) is 22.8. The SMILES string of the molecule is CC(C)N=S1(=O)CCC1.CC(C)N=S1(=O)CCCC1.CC(C)N=S1(=O)CCCCC1. The van der Waals surface area contributed by atoms with Gasteiger partial charge in [-0.15, -0.1) is 0 Å². The summed E-state index contributed by atoms with van der Waals surface area (Å²) in [5, 5.41) is 0. The number of nitrogens with zero attached hydrogens (tertiary/aromatic N) is 3. The van der Waals surface area contributed by atoms with Crippen LogP contribution in [-0.2, 0) is 29.2 Å². The van der Waals surface area contributed by atoms with Gasteiger partial charge in [-0.1, -0.05) is 6.42 Å².